The Morgan fingerprint density at radius 1 is 1.41 bits per heavy atom. The first-order chi connectivity index (χ1) is 8.25. The summed E-state index contributed by atoms with van der Waals surface area (Å²) in [7, 11) is 0. The summed E-state index contributed by atoms with van der Waals surface area (Å²) in [5, 5.41) is 2.57. The molecule has 1 amide bonds. The first kappa shape index (κ1) is 11.6. The lowest BCUT2D eigenvalue weighted by Crippen LogP contribution is -2.22. The van der Waals surface area contributed by atoms with Crippen LogP contribution in [0, 0.1) is 0 Å². The van der Waals surface area contributed by atoms with Crippen molar-refractivity contribution in [1.29, 1.82) is 0 Å². The fraction of sp³-hybridized carbons (Fsp3) is 0.417. The van der Waals surface area contributed by atoms with Crippen LogP contribution in [0.25, 0.3) is 0 Å². The monoisotopic (exact) mass is 237 g/mol. The van der Waals surface area contributed by atoms with Gasteiger partial charge < -0.3 is 19.5 Å². The third kappa shape index (κ3) is 3.27. The lowest BCUT2D eigenvalue weighted by atomic mass is 10.3. The van der Waals surface area contributed by atoms with Gasteiger partial charge >= 0.3 is 0 Å². The Hall–Kier alpha value is -1.91. The molecule has 5 nitrogen and oxygen atoms in total. The van der Waals surface area contributed by atoms with Gasteiger partial charge in [-0.3, -0.25) is 4.79 Å². The first-order valence-corrected chi connectivity index (χ1v) is 5.50. The molecule has 0 aromatic rings. The molecule has 0 aromatic heterocycles. The van der Waals surface area contributed by atoms with Gasteiger partial charge in [-0.05, 0) is 6.08 Å². The third-order valence-electron chi connectivity index (χ3n) is 2.30. The molecule has 0 fully saturated rings. The summed E-state index contributed by atoms with van der Waals surface area (Å²) < 4.78 is 16.4. The molecular weight excluding hydrogens is 222 g/mol. The molecule has 0 bridgehead atoms. The van der Waals surface area contributed by atoms with E-state index in [1.807, 2.05) is 12.2 Å². The highest BCUT2D eigenvalue weighted by atomic mass is 16.6. The van der Waals surface area contributed by atoms with E-state index >= 15 is 0 Å². The Morgan fingerprint density at radius 2 is 2.18 bits per heavy atom. The summed E-state index contributed by atoms with van der Waals surface area (Å²) in [4.78, 5) is 10.7. The summed E-state index contributed by atoms with van der Waals surface area (Å²) in [6, 6.07) is 0. The average Bonchev–Trinajstić information content (AvgIpc) is 2.50. The summed E-state index contributed by atoms with van der Waals surface area (Å²) in [6.45, 7) is 2.73. The summed E-state index contributed by atoms with van der Waals surface area (Å²) in [5.41, 5.74) is 0. The Balaban J connectivity index is 1.99. The molecule has 17 heavy (non-hydrogen) atoms. The number of carbonyl (C=O) groups excluding carboxylic acids is 1. The van der Waals surface area contributed by atoms with Crippen LogP contribution in [0.15, 0.2) is 35.5 Å². The number of amides is 1. The second kappa shape index (κ2) is 5.43. The Morgan fingerprint density at radius 3 is 2.94 bits per heavy atom. The first-order valence-electron chi connectivity index (χ1n) is 5.50. The standard InChI is InChI=1S/C12H15NO4/c1-9(14)13-8-17-10-3-2-4-11-12(7-10)16-6-5-15-11/h2,4,7H,3,5-6,8H2,1H3,(H,13,14). The Bertz CT molecular complexity index is 395. The molecule has 2 aliphatic rings. The van der Waals surface area contributed by atoms with Gasteiger partial charge in [-0.15, -0.1) is 0 Å². The van der Waals surface area contributed by atoms with Gasteiger partial charge in [0.15, 0.2) is 18.2 Å². The fourth-order valence-electron chi connectivity index (χ4n) is 1.51. The Kier molecular flexibility index (Phi) is 3.69. The third-order valence-corrected chi connectivity index (χ3v) is 2.30. The van der Waals surface area contributed by atoms with Crippen LogP contribution in [-0.2, 0) is 19.0 Å². The van der Waals surface area contributed by atoms with Crippen LogP contribution in [0.3, 0.4) is 0 Å². The van der Waals surface area contributed by atoms with Crippen molar-refractivity contribution in [1.82, 2.24) is 5.32 Å². The van der Waals surface area contributed by atoms with Gasteiger partial charge in [0, 0.05) is 19.4 Å². The van der Waals surface area contributed by atoms with Crippen molar-refractivity contribution in [3.05, 3.63) is 35.5 Å². The van der Waals surface area contributed by atoms with Gasteiger partial charge in [0.2, 0.25) is 5.91 Å². The Labute approximate surface area is 99.7 Å². The molecule has 0 aromatic carbocycles. The van der Waals surface area contributed by atoms with Crippen molar-refractivity contribution in [2.45, 2.75) is 13.3 Å². The molecule has 2 rings (SSSR count). The molecule has 0 unspecified atom stereocenters. The molecule has 92 valence electrons. The molecule has 1 aliphatic heterocycles. The fourth-order valence-corrected chi connectivity index (χ4v) is 1.51. The molecular formula is C12H15NO4. The van der Waals surface area contributed by atoms with E-state index in [2.05, 4.69) is 5.32 Å². The number of hydrogen-bond donors (Lipinski definition) is 1. The topological polar surface area (TPSA) is 56.8 Å². The minimum atomic E-state index is -0.119. The molecule has 0 saturated carbocycles. The molecule has 1 N–H and O–H groups in total. The van der Waals surface area contributed by atoms with E-state index in [4.69, 9.17) is 14.2 Å². The van der Waals surface area contributed by atoms with Crippen LogP contribution in [0.4, 0.5) is 0 Å². The molecule has 5 heteroatoms. The van der Waals surface area contributed by atoms with Crippen LogP contribution in [0.1, 0.15) is 13.3 Å². The highest BCUT2D eigenvalue weighted by Gasteiger charge is 2.15. The number of ether oxygens (including phenoxy) is 3. The van der Waals surface area contributed by atoms with Gasteiger partial charge in [-0.2, -0.15) is 0 Å². The number of rotatable bonds is 3. The van der Waals surface area contributed by atoms with Crippen LogP contribution >= 0.6 is 0 Å². The van der Waals surface area contributed by atoms with Crippen LogP contribution < -0.4 is 5.32 Å². The molecule has 0 atom stereocenters. The van der Waals surface area contributed by atoms with E-state index in [0.717, 1.165) is 11.5 Å². The average molecular weight is 237 g/mol. The highest BCUT2D eigenvalue weighted by molar-refractivity contribution is 5.72. The molecule has 0 radical (unpaired) electrons. The number of nitrogens with one attached hydrogen (secondary N) is 1. The predicted molar refractivity (Wildman–Crippen MR) is 60.5 cm³/mol. The minimum absolute atomic E-state index is 0.119. The largest absolute Gasteiger partial charge is 0.486 e. The van der Waals surface area contributed by atoms with Crippen LogP contribution in [0.2, 0.25) is 0 Å². The maximum Gasteiger partial charge on any atom is 0.219 e. The number of allylic oxidation sites excluding steroid dienone is 3. The van der Waals surface area contributed by atoms with E-state index in [1.165, 1.54) is 6.92 Å². The number of hydrogen-bond acceptors (Lipinski definition) is 4. The zero-order valence-electron chi connectivity index (χ0n) is 9.69. The van der Waals surface area contributed by atoms with E-state index in [0.29, 0.717) is 25.4 Å². The maximum atomic E-state index is 10.7. The van der Waals surface area contributed by atoms with Gasteiger partial charge in [-0.25, -0.2) is 0 Å². The van der Waals surface area contributed by atoms with Crippen molar-refractivity contribution in [2.75, 3.05) is 19.9 Å². The van der Waals surface area contributed by atoms with E-state index < -0.39 is 0 Å². The highest BCUT2D eigenvalue weighted by Crippen LogP contribution is 2.22. The van der Waals surface area contributed by atoms with Crippen molar-refractivity contribution >= 4 is 5.91 Å². The van der Waals surface area contributed by atoms with Gasteiger partial charge in [0.25, 0.3) is 0 Å². The second-order valence-electron chi connectivity index (χ2n) is 3.66. The zero-order valence-corrected chi connectivity index (χ0v) is 9.69. The summed E-state index contributed by atoms with van der Waals surface area (Å²) in [6.07, 6.45) is 6.27. The van der Waals surface area contributed by atoms with Crippen LogP contribution in [0.5, 0.6) is 0 Å². The van der Waals surface area contributed by atoms with Crippen LogP contribution in [-0.4, -0.2) is 25.9 Å². The molecule has 0 spiro atoms. The van der Waals surface area contributed by atoms with Gasteiger partial charge in [0.1, 0.15) is 19.0 Å². The lowest BCUT2D eigenvalue weighted by molar-refractivity contribution is -0.120. The van der Waals surface area contributed by atoms with Gasteiger partial charge in [0.05, 0.1) is 0 Å². The molecule has 0 saturated heterocycles. The SMILES string of the molecule is CC(=O)NCOC1=CC2=C(C=CC1)OCCO2. The quantitative estimate of drug-likeness (QED) is 0.749. The lowest BCUT2D eigenvalue weighted by Gasteiger charge is -2.18. The van der Waals surface area contributed by atoms with E-state index in [-0.39, 0.29) is 12.6 Å². The predicted octanol–water partition coefficient (Wildman–Crippen LogP) is 1.20. The minimum Gasteiger partial charge on any atom is -0.486 e. The van der Waals surface area contributed by atoms with Gasteiger partial charge in [-0.1, -0.05) is 6.08 Å². The molecule has 1 heterocycles. The number of carbonyl (C=O) groups is 1. The summed E-state index contributed by atoms with van der Waals surface area (Å²) >= 11 is 0. The summed E-state index contributed by atoms with van der Waals surface area (Å²) in [5.74, 6) is 2.04. The maximum absolute atomic E-state index is 10.7. The van der Waals surface area contributed by atoms with Crippen molar-refractivity contribution < 1.29 is 19.0 Å². The van der Waals surface area contributed by atoms with Crippen molar-refractivity contribution in [3.63, 3.8) is 0 Å². The van der Waals surface area contributed by atoms with E-state index in [9.17, 15) is 4.79 Å². The van der Waals surface area contributed by atoms with Crippen molar-refractivity contribution in [3.8, 4) is 0 Å². The van der Waals surface area contributed by atoms with E-state index in [1.54, 1.807) is 6.08 Å². The smallest absolute Gasteiger partial charge is 0.219 e. The van der Waals surface area contributed by atoms with Crippen molar-refractivity contribution in [2.24, 2.45) is 0 Å². The second-order valence-corrected chi connectivity index (χ2v) is 3.66. The molecule has 1 aliphatic carbocycles. The zero-order chi connectivity index (χ0) is 12.1. The normalized spacial score (nSPS) is 18.3.